The van der Waals surface area contributed by atoms with Gasteiger partial charge in [-0.2, -0.15) is 13.5 Å². The molecule has 0 aliphatic rings. The summed E-state index contributed by atoms with van der Waals surface area (Å²) in [5.41, 5.74) is 5.47. The van der Waals surface area contributed by atoms with E-state index in [1.165, 1.54) is 14.2 Å². The van der Waals surface area contributed by atoms with Gasteiger partial charge in [0.25, 0.3) is 0 Å². The van der Waals surface area contributed by atoms with Crippen molar-refractivity contribution >= 4 is 48.0 Å². The topological polar surface area (TPSA) is 190 Å². The summed E-state index contributed by atoms with van der Waals surface area (Å²) in [6.45, 7) is 26.4. The summed E-state index contributed by atoms with van der Waals surface area (Å²) in [6.07, 6.45) is -1.06. The van der Waals surface area contributed by atoms with E-state index in [1.54, 1.807) is 0 Å². The fourth-order valence-electron chi connectivity index (χ4n) is 8.51. The molecule has 0 fully saturated rings. The number of carboxylic acids is 1. The first kappa shape index (κ1) is 65.9. The summed E-state index contributed by atoms with van der Waals surface area (Å²) < 4.78 is 22.5. The molecule has 0 amide bonds. The Kier molecular flexibility index (Phi) is 34.9. The number of esters is 2. The first-order chi connectivity index (χ1) is 27.2. The van der Waals surface area contributed by atoms with Gasteiger partial charge in [0.1, 0.15) is 12.2 Å². The van der Waals surface area contributed by atoms with Gasteiger partial charge in [-0.1, -0.05) is 174 Å². The maximum absolute atomic E-state index is 12.3. The fraction of sp³-hybridized carbons (Fsp3) is 0.553. The molecule has 348 valence electrons. The Labute approximate surface area is 394 Å². The van der Waals surface area contributed by atoms with Crippen LogP contribution in [0.3, 0.4) is 0 Å². The van der Waals surface area contributed by atoms with Crippen LogP contribution in [-0.2, 0) is 52.0 Å². The standard InChI is InChI=1S/C19H32O3Si.C18H30O3Si.C10H12O3.Li.2H2O.H2S/c1-14(2)23(15(3)4,16(5)6)22-18(19(20)21-7)13-17-11-9-8-10-12-17;1-13(2)22(14(3)4,15(5)6)21-17(18(19)20)12-16-10-8-7-9-11-16;1-13-10(12)9(11)7-8-5-3-2-4-6-8;;;;/h8-12,14-16,18H,13H2,1-7H3;7-11,13-15,17H,12H2,1-6H3,(H,19,20);2-6,9,11H,7H2,1H3;;3*1H2/q;;;+1;;;/p-1/t18-;17-;9-;;;;/m000..../s1. The van der Waals surface area contributed by atoms with E-state index in [0.29, 0.717) is 52.5 Å². The quantitative estimate of drug-likeness (QED) is 0.0966. The zero-order chi connectivity index (χ0) is 44.2. The van der Waals surface area contributed by atoms with Crippen LogP contribution in [-0.4, -0.2) is 88.2 Å². The van der Waals surface area contributed by atoms with Crippen LogP contribution in [0.15, 0.2) is 91.0 Å². The fourth-order valence-corrected chi connectivity index (χ4v) is 19.5. The van der Waals surface area contributed by atoms with Crippen molar-refractivity contribution in [3.63, 3.8) is 0 Å². The first-order valence-corrected chi connectivity index (χ1v) is 25.0. The zero-order valence-electron chi connectivity index (χ0n) is 40.2. The molecule has 15 heteroatoms. The van der Waals surface area contributed by atoms with Gasteiger partial charge in [0.15, 0.2) is 6.10 Å². The van der Waals surface area contributed by atoms with Crippen LogP contribution in [0.1, 0.15) is 99.8 Å². The molecule has 0 spiro atoms. The number of carbonyl (C=O) groups excluding carboxylic acids is 2. The van der Waals surface area contributed by atoms with Crippen LogP contribution in [0.25, 0.3) is 0 Å². The Morgan fingerprint density at radius 1 is 0.500 bits per heavy atom. The molecule has 0 radical (unpaired) electrons. The van der Waals surface area contributed by atoms with E-state index in [2.05, 4.69) is 87.8 Å². The predicted octanol–water partition coefficient (Wildman–Crippen LogP) is 6.72. The predicted molar refractivity (Wildman–Crippen MR) is 256 cm³/mol. The second-order valence-electron chi connectivity index (χ2n) is 16.8. The van der Waals surface area contributed by atoms with Gasteiger partial charge in [0, 0.05) is 19.3 Å². The van der Waals surface area contributed by atoms with Crippen LogP contribution in [0.5, 0.6) is 0 Å². The second-order valence-corrected chi connectivity index (χ2v) is 27.6. The van der Waals surface area contributed by atoms with Crippen molar-refractivity contribution in [2.45, 2.75) is 154 Å². The molecule has 3 aromatic carbocycles. The molecule has 0 heterocycles. The van der Waals surface area contributed by atoms with Crippen molar-refractivity contribution in [2.75, 3.05) is 14.2 Å². The Hall–Kier alpha value is -2.75. The summed E-state index contributed by atoms with van der Waals surface area (Å²) in [4.78, 5) is 34.9. The van der Waals surface area contributed by atoms with Crippen LogP contribution in [0, 0.1) is 0 Å². The third kappa shape index (κ3) is 20.0. The molecule has 0 unspecified atom stereocenters. The molecule has 3 aromatic rings. The van der Waals surface area contributed by atoms with Crippen molar-refractivity contribution < 1.29 is 72.7 Å². The minimum absolute atomic E-state index is 0. The summed E-state index contributed by atoms with van der Waals surface area (Å²) in [6, 6.07) is 29.1. The maximum atomic E-state index is 12.3. The zero-order valence-corrected chi connectivity index (χ0v) is 43.2. The van der Waals surface area contributed by atoms with Crippen molar-refractivity contribution in [3.8, 4) is 0 Å². The van der Waals surface area contributed by atoms with Crippen molar-refractivity contribution in [3.05, 3.63) is 108 Å². The van der Waals surface area contributed by atoms with Gasteiger partial charge in [-0.3, -0.25) is 0 Å². The van der Waals surface area contributed by atoms with Crippen molar-refractivity contribution in [1.29, 1.82) is 0 Å². The third-order valence-electron chi connectivity index (χ3n) is 11.1. The van der Waals surface area contributed by atoms with Gasteiger partial charge in [0.2, 0.25) is 16.6 Å². The molecule has 0 saturated carbocycles. The third-order valence-corrected chi connectivity index (χ3v) is 23.3. The summed E-state index contributed by atoms with van der Waals surface area (Å²) in [7, 11) is -1.61. The normalized spacial score (nSPS) is 12.5. The van der Waals surface area contributed by atoms with Gasteiger partial charge in [0.05, 0.1) is 14.2 Å². The molecule has 0 saturated heterocycles. The second kappa shape index (κ2) is 32.8. The largest absolute Gasteiger partial charge is 1.00 e. The molecule has 11 nitrogen and oxygen atoms in total. The number of aliphatic hydroxyl groups is 1. The number of hydrogen-bond acceptors (Lipinski definition) is 9. The Bertz CT molecular complexity index is 1570. The van der Waals surface area contributed by atoms with Crippen LogP contribution in [0.4, 0.5) is 0 Å². The summed E-state index contributed by atoms with van der Waals surface area (Å²) in [5, 5.41) is 18.9. The van der Waals surface area contributed by atoms with Crippen molar-refractivity contribution in [1.82, 2.24) is 0 Å². The number of methoxy groups -OCH3 is 2. The molecule has 5 N–H and O–H groups in total. The number of carboxylic acid groups (broad SMARTS) is 1. The number of benzene rings is 3. The molecule has 3 rings (SSSR count). The minimum Gasteiger partial charge on any atom is -0.870 e. The van der Waals surface area contributed by atoms with Gasteiger partial charge < -0.3 is 39.5 Å². The average molecular weight is 915 g/mol. The van der Waals surface area contributed by atoms with Crippen molar-refractivity contribution in [2.24, 2.45) is 0 Å². The number of rotatable bonds is 19. The first-order valence-electron chi connectivity index (χ1n) is 20.7. The van der Waals surface area contributed by atoms with E-state index in [1.807, 2.05) is 91.0 Å². The molecular formula is C47H79LiO11SSi2. The van der Waals surface area contributed by atoms with E-state index < -0.39 is 46.9 Å². The van der Waals surface area contributed by atoms with E-state index in [0.717, 1.165) is 16.7 Å². The van der Waals surface area contributed by atoms with E-state index >= 15 is 0 Å². The van der Waals surface area contributed by atoms with Crippen LogP contribution < -0.4 is 18.9 Å². The minimum atomic E-state index is -2.19. The Morgan fingerprint density at radius 2 is 0.758 bits per heavy atom. The summed E-state index contributed by atoms with van der Waals surface area (Å²) >= 11 is 0. The van der Waals surface area contributed by atoms with Gasteiger partial charge in [-0.25, -0.2) is 14.4 Å². The molecule has 0 aliphatic heterocycles. The van der Waals surface area contributed by atoms with E-state index in [-0.39, 0.29) is 49.3 Å². The molecule has 0 aromatic heterocycles. The van der Waals surface area contributed by atoms with E-state index in [4.69, 9.17) is 13.6 Å². The SMILES string of the molecule is CC(C)[Si](O[C@@H](Cc1ccccc1)C(=O)O)(C(C)C)C(C)C.COC(=O)[C@@H](O)Cc1ccccc1.COC(=O)[C@H](Cc1ccccc1)O[Si](C(C)C)(C(C)C)C(C)C.O.S.[Li+].[OH-]. The molecule has 3 atom stereocenters. The smallest absolute Gasteiger partial charge is 0.870 e. The van der Waals surface area contributed by atoms with Gasteiger partial charge in [-0.15, -0.1) is 0 Å². The number of aliphatic carboxylic acids is 1. The van der Waals surface area contributed by atoms with Crippen LogP contribution >= 0.6 is 13.5 Å². The van der Waals surface area contributed by atoms with Gasteiger partial charge in [-0.05, 0) is 49.9 Å². The average Bonchev–Trinajstić information content (AvgIpc) is 3.18. The van der Waals surface area contributed by atoms with Crippen LogP contribution in [0.2, 0.25) is 33.2 Å². The number of ether oxygens (including phenoxy) is 2. The molecule has 62 heavy (non-hydrogen) atoms. The number of aliphatic hydroxyl groups excluding tert-OH is 1. The summed E-state index contributed by atoms with van der Waals surface area (Å²) in [5.74, 6) is -1.72. The maximum Gasteiger partial charge on any atom is 1.00 e. The molecular weight excluding hydrogens is 836 g/mol. The van der Waals surface area contributed by atoms with E-state index in [9.17, 15) is 24.6 Å². The molecule has 0 aliphatic carbocycles. The monoisotopic (exact) mass is 915 g/mol. The number of hydrogen-bond donors (Lipinski definition) is 2. The Balaban J connectivity index is -0.000000407. The molecule has 0 bridgehead atoms. The Morgan fingerprint density at radius 3 is 1.02 bits per heavy atom. The number of carbonyl (C=O) groups is 3. The van der Waals surface area contributed by atoms with Gasteiger partial charge >= 0.3 is 36.8 Å².